The van der Waals surface area contributed by atoms with Gasteiger partial charge in [0.15, 0.2) is 0 Å². The third-order valence-corrected chi connectivity index (χ3v) is 3.31. The smallest absolute Gasteiger partial charge is 0.000462 e. The molecule has 12 heavy (non-hydrogen) atoms. The summed E-state index contributed by atoms with van der Waals surface area (Å²) in [6.07, 6.45) is 5.55. The van der Waals surface area contributed by atoms with Crippen LogP contribution in [0.25, 0.3) is 0 Å². The van der Waals surface area contributed by atoms with Gasteiger partial charge in [-0.15, -0.1) is 0 Å². The van der Waals surface area contributed by atoms with Gasteiger partial charge in [0, 0.05) is 0 Å². The number of rotatable bonds is 5. The first-order valence-electron chi connectivity index (χ1n) is 5.08. The highest BCUT2D eigenvalue weighted by molar-refractivity contribution is 14.1. The van der Waals surface area contributed by atoms with Gasteiger partial charge in [0.2, 0.25) is 0 Å². The van der Waals surface area contributed by atoms with E-state index in [1.54, 1.807) is 0 Å². The molecule has 0 rings (SSSR count). The minimum atomic E-state index is 0.516. The van der Waals surface area contributed by atoms with Crippen molar-refractivity contribution in [1.29, 1.82) is 0 Å². The summed E-state index contributed by atoms with van der Waals surface area (Å²) in [6, 6.07) is 0. The second-order valence-corrected chi connectivity index (χ2v) is 5.76. The lowest BCUT2D eigenvalue weighted by Gasteiger charge is -2.30. The zero-order valence-corrected chi connectivity index (χ0v) is 11.1. The van der Waals surface area contributed by atoms with Crippen LogP contribution in [0.2, 0.25) is 0 Å². The lowest BCUT2D eigenvalue weighted by Crippen LogP contribution is -2.20. The van der Waals surface area contributed by atoms with Crippen LogP contribution in [0.1, 0.15) is 53.4 Å². The molecule has 0 nitrogen and oxygen atoms in total. The fourth-order valence-electron chi connectivity index (χ4n) is 1.68. The van der Waals surface area contributed by atoms with Crippen molar-refractivity contribution in [2.75, 3.05) is 4.43 Å². The van der Waals surface area contributed by atoms with Gasteiger partial charge in [-0.05, 0) is 28.6 Å². The van der Waals surface area contributed by atoms with Crippen LogP contribution in [0.3, 0.4) is 0 Å². The molecule has 74 valence electrons. The lowest BCUT2D eigenvalue weighted by atomic mass is 9.76. The van der Waals surface area contributed by atoms with Gasteiger partial charge in [0.05, 0.1) is 0 Å². The van der Waals surface area contributed by atoms with Gasteiger partial charge >= 0.3 is 0 Å². The Morgan fingerprint density at radius 3 is 2.08 bits per heavy atom. The van der Waals surface area contributed by atoms with Gasteiger partial charge in [-0.2, -0.15) is 0 Å². The molecule has 0 saturated carbocycles. The van der Waals surface area contributed by atoms with Crippen molar-refractivity contribution in [1.82, 2.24) is 0 Å². The molecular weight excluding hydrogens is 259 g/mol. The SMILES string of the molecule is CCCC(CCCI)C(C)(C)C. The standard InChI is InChI=1S/C11H23I/c1-5-7-10(8-6-9-12)11(2,3)4/h10H,5-9H2,1-4H3. The summed E-state index contributed by atoms with van der Waals surface area (Å²) >= 11 is 2.48. The first-order valence-corrected chi connectivity index (χ1v) is 6.61. The normalized spacial score (nSPS) is 14.8. The highest BCUT2D eigenvalue weighted by Crippen LogP contribution is 2.33. The molecule has 1 unspecified atom stereocenters. The fraction of sp³-hybridized carbons (Fsp3) is 1.00. The van der Waals surface area contributed by atoms with E-state index >= 15 is 0 Å². The predicted octanol–water partition coefficient (Wildman–Crippen LogP) is 4.66. The molecule has 0 heterocycles. The molecule has 0 radical (unpaired) electrons. The van der Waals surface area contributed by atoms with Crippen LogP contribution in [0, 0.1) is 11.3 Å². The van der Waals surface area contributed by atoms with E-state index in [2.05, 4.69) is 50.3 Å². The molecule has 0 aliphatic rings. The minimum Gasteiger partial charge on any atom is -0.0864 e. The lowest BCUT2D eigenvalue weighted by molar-refractivity contribution is 0.209. The van der Waals surface area contributed by atoms with Gasteiger partial charge in [0.25, 0.3) is 0 Å². The highest BCUT2D eigenvalue weighted by Gasteiger charge is 2.22. The van der Waals surface area contributed by atoms with Crippen molar-refractivity contribution in [2.24, 2.45) is 11.3 Å². The number of alkyl halides is 1. The van der Waals surface area contributed by atoms with E-state index in [-0.39, 0.29) is 0 Å². The maximum absolute atomic E-state index is 2.48. The number of halogens is 1. The van der Waals surface area contributed by atoms with Crippen LogP contribution in [0.4, 0.5) is 0 Å². The molecule has 0 aromatic heterocycles. The Morgan fingerprint density at radius 1 is 1.17 bits per heavy atom. The Bertz CT molecular complexity index is 102. The Morgan fingerprint density at radius 2 is 1.75 bits per heavy atom. The third-order valence-electron chi connectivity index (χ3n) is 2.55. The molecule has 0 N–H and O–H groups in total. The topological polar surface area (TPSA) is 0 Å². The molecule has 1 atom stereocenters. The first kappa shape index (κ1) is 12.7. The molecule has 0 aliphatic heterocycles. The summed E-state index contributed by atoms with van der Waals surface area (Å²) in [4.78, 5) is 0. The molecule has 0 amide bonds. The zero-order valence-electron chi connectivity index (χ0n) is 8.99. The van der Waals surface area contributed by atoms with Crippen LogP contribution in [-0.2, 0) is 0 Å². The van der Waals surface area contributed by atoms with E-state index in [4.69, 9.17) is 0 Å². The predicted molar refractivity (Wildman–Crippen MR) is 66.0 cm³/mol. The largest absolute Gasteiger partial charge is 0.0864 e. The Kier molecular flexibility index (Phi) is 6.60. The van der Waals surface area contributed by atoms with Crippen LogP contribution < -0.4 is 0 Å². The van der Waals surface area contributed by atoms with Crippen molar-refractivity contribution < 1.29 is 0 Å². The highest BCUT2D eigenvalue weighted by atomic mass is 127. The van der Waals surface area contributed by atoms with Crippen LogP contribution in [-0.4, -0.2) is 4.43 Å². The van der Waals surface area contributed by atoms with E-state index in [1.807, 2.05) is 0 Å². The maximum Gasteiger partial charge on any atom is -0.000462 e. The monoisotopic (exact) mass is 282 g/mol. The van der Waals surface area contributed by atoms with Gasteiger partial charge in [-0.3, -0.25) is 0 Å². The number of hydrogen-bond acceptors (Lipinski definition) is 0. The minimum absolute atomic E-state index is 0.516. The summed E-state index contributed by atoms with van der Waals surface area (Å²) in [7, 11) is 0. The molecule has 0 fully saturated rings. The summed E-state index contributed by atoms with van der Waals surface area (Å²) < 4.78 is 1.31. The van der Waals surface area contributed by atoms with Crippen LogP contribution in [0.5, 0.6) is 0 Å². The Balaban J connectivity index is 3.86. The van der Waals surface area contributed by atoms with E-state index in [9.17, 15) is 0 Å². The van der Waals surface area contributed by atoms with Crippen molar-refractivity contribution in [2.45, 2.75) is 53.4 Å². The van der Waals surface area contributed by atoms with Gasteiger partial charge < -0.3 is 0 Å². The van der Waals surface area contributed by atoms with Gasteiger partial charge in [-0.1, -0.05) is 63.1 Å². The first-order chi connectivity index (χ1) is 5.52. The van der Waals surface area contributed by atoms with Crippen molar-refractivity contribution >= 4 is 22.6 Å². The number of hydrogen-bond donors (Lipinski definition) is 0. The second-order valence-electron chi connectivity index (χ2n) is 4.68. The van der Waals surface area contributed by atoms with Crippen molar-refractivity contribution in [3.8, 4) is 0 Å². The Labute approximate surface area is 91.7 Å². The van der Waals surface area contributed by atoms with Gasteiger partial charge in [0.1, 0.15) is 0 Å². The van der Waals surface area contributed by atoms with E-state index in [1.165, 1.54) is 30.1 Å². The quantitative estimate of drug-likeness (QED) is 0.508. The van der Waals surface area contributed by atoms with Crippen molar-refractivity contribution in [3.05, 3.63) is 0 Å². The zero-order chi connectivity index (χ0) is 9.61. The maximum atomic E-state index is 2.48. The van der Waals surface area contributed by atoms with Gasteiger partial charge in [-0.25, -0.2) is 0 Å². The molecular formula is C11H23I. The summed E-state index contributed by atoms with van der Waals surface area (Å²) in [5.74, 6) is 0.928. The van der Waals surface area contributed by atoms with E-state index < -0.39 is 0 Å². The van der Waals surface area contributed by atoms with E-state index in [0.29, 0.717) is 5.41 Å². The van der Waals surface area contributed by atoms with Crippen LogP contribution in [0.15, 0.2) is 0 Å². The molecule has 1 heteroatoms. The molecule has 0 bridgehead atoms. The molecule has 0 saturated heterocycles. The molecule has 0 aromatic rings. The average molecular weight is 282 g/mol. The summed E-state index contributed by atoms with van der Waals surface area (Å²) in [5.41, 5.74) is 0.516. The fourth-order valence-corrected chi connectivity index (χ4v) is 2.12. The van der Waals surface area contributed by atoms with E-state index in [0.717, 1.165) is 5.92 Å². The van der Waals surface area contributed by atoms with Crippen molar-refractivity contribution in [3.63, 3.8) is 0 Å². The summed E-state index contributed by atoms with van der Waals surface area (Å²) in [5, 5.41) is 0. The molecule has 0 aliphatic carbocycles. The summed E-state index contributed by atoms with van der Waals surface area (Å²) in [6.45, 7) is 9.42. The average Bonchev–Trinajstić information content (AvgIpc) is 1.95. The molecule has 0 aromatic carbocycles. The third kappa shape index (κ3) is 5.39. The second kappa shape index (κ2) is 6.22. The Hall–Kier alpha value is 0.730. The molecule has 0 spiro atoms. The van der Waals surface area contributed by atoms with Crippen LogP contribution >= 0.6 is 22.6 Å².